The van der Waals surface area contributed by atoms with Crippen LogP contribution in [-0.2, 0) is 16.3 Å². The van der Waals surface area contributed by atoms with Gasteiger partial charge in [-0.15, -0.1) is 0 Å². The van der Waals surface area contributed by atoms with Gasteiger partial charge in [-0.1, -0.05) is 19.1 Å². The Morgan fingerprint density at radius 1 is 1.26 bits per heavy atom. The Labute approximate surface area is 176 Å². The van der Waals surface area contributed by atoms with Crippen molar-refractivity contribution < 1.29 is 22.0 Å². The molecule has 9 nitrogen and oxygen atoms in total. The molecule has 0 saturated carbocycles. The molecule has 31 heavy (non-hydrogen) atoms. The number of halogens is 2. The number of H-pyrrole nitrogens is 1. The number of benzene rings is 1. The number of carbonyl (C=O) groups is 1. The maximum Gasteiger partial charge on any atom is 0.341 e. The summed E-state index contributed by atoms with van der Waals surface area (Å²) in [6.07, 6.45) is 0.478. The number of carbonyl (C=O) groups excluding carboxylic acids is 1. The lowest BCUT2D eigenvalue weighted by Gasteiger charge is -2.12. The third-order valence-electron chi connectivity index (χ3n) is 4.51. The fourth-order valence-electron chi connectivity index (χ4n) is 3.04. The van der Waals surface area contributed by atoms with E-state index in [4.69, 9.17) is 0 Å². The van der Waals surface area contributed by atoms with Gasteiger partial charge < -0.3 is 5.32 Å². The number of nitrogens with one attached hydrogen (secondary N) is 2. The zero-order valence-electron chi connectivity index (χ0n) is 16.8. The summed E-state index contributed by atoms with van der Waals surface area (Å²) in [5, 5.41) is 6.65. The Hall–Kier alpha value is -3.41. The smallest absolute Gasteiger partial charge is 0.306 e. The Bertz CT molecular complexity index is 1320. The largest absolute Gasteiger partial charge is 0.341 e. The molecule has 0 bridgehead atoms. The average Bonchev–Trinajstić information content (AvgIpc) is 3.07. The molecule has 3 aromatic rings. The van der Waals surface area contributed by atoms with Crippen LogP contribution in [0.2, 0.25) is 0 Å². The number of rotatable bonds is 6. The molecule has 0 radical (unpaired) electrons. The van der Waals surface area contributed by atoms with Crippen LogP contribution in [0.5, 0.6) is 0 Å². The molecule has 0 atom stereocenters. The molecular formula is C19H19F2N5O4S. The number of anilines is 1. The highest BCUT2D eigenvalue weighted by molar-refractivity contribution is 7.91. The second-order valence-electron chi connectivity index (χ2n) is 6.65. The van der Waals surface area contributed by atoms with Crippen molar-refractivity contribution >= 4 is 21.6 Å². The topological polar surface area (TPSA) is 127 Å². The van der Waals surface area contributed by atoms with Gasteiger partial charge in [0.2, 0.25) is 15.8 Å². The SMILES string of the molecule is CCc1c(C)nc(-n2nc(C)cc2NC(=O)c2ccccc2S(=O)(=O)C(F)F)[nH]c1=O. The van der Waals surface area contributed by atoms with Crippen LogP contribution in [-0.4, -0.2) is 39.8 Å². The van der Waals surface area contributed by atoms with Gasteiger partial charge in [-0.25, -0.2) is 13.4 Å². The van der Waals surface area contributed by atoms with Crippen molar-refractivity contribution in [3.05, 3.63) is 63.2 Å². The Kier molecular flexibility index (Phi) is 6.02. The van der Waals surface area contributed by atoms with Gasteiger partial charge in [-0.3, -0.25) is 14.6 Å². The summed E-state index contributed by atoms with van der Waals surface area (Å²) in [5.74, 6) is -4.51. The fraction of sp³-hybridized carbons (Fsp3) is 0.263. The van der Waals surface area contributed by atoms with Gasteiger partial charge >= 0.3 is 5.76 Å². The Morgan fingerprint density at radius 3 is 2.55 bits per heavy atom. The summed E-state index contributed by atoms with van der Waals surface area (Å²) in [4.78, 5) is 31.2. The lowest BCUT2D eigenvalue weighted by atomic mass is 10.2. The molecule has 1 amide bonds. The first-order chi connectivity index (χ1) is 14.6. The highest BCUT2D eigenvalue weighted by Crippen LogP contribution is 2.24. The maximum absolute atomic E-state index is 13.0. The normalized spacial score (nSPS) is 11.7. The highest BCUT2D eigenvalue weighted by Gasteiger charge is 2.31. The van der Waals surface area contributed by atoms with Crippen LogP contribution in [0.4, 0.5) is 14.6 Å². The van der Waals surface area contributed by atoms with Crippen molar-refractivity contribution in [1.82, 2.24) is 19.7 Å². The molecule has 0 aliphatic heterocycles. The van der Waals surface area contributed by atoms with Crippen LogP contribution in [0.15, 0.2) is 40.0 Å². The molecule has 0 saturated heterocycles. The zero-order chi connectivity index (χ0) is 22.9. The first kappa shape index (κ1) is 22.3. The lowest BCUT2D eigenvalue weighted by molar-refractivity contribution is 0.102. The summed E-state index contributed by atoms with van der Waals surface area (Å²) < 4.78 is 51.1. The number of alkyl halides is 2. The molecule has 1 aromatic carbocycles. The third kappa shape index (κ3) is 4.24. The molecule has 2 N–H and O–H groups in total. The lowest BCUT2D eigenvalue weighted by Crippen LogP contribution is -2.23. The van der Waals surface area contributed by atoms with E-state index < -0.39 is 32.0 Å². The summed E-state index contributed by atoms with van der Waals surface area (Å²) in [5.41, 5.74) is 0.643. The molecule has 0 aliphatic rings. The standard InChI is InChI=1S/C19H19F2N5O4S/c1-4-12-11(3)22-19(24-16(12)27)26-15(9-10(2)25-26)23-17(28)13-7-5-6-8-14(13)31(29,30)18(20)21/h5-9,18H,4H2,1-3H3,(H,23,28)(H,22,24,27). The summed E-state index contributed by atoms with van der Waals surface area (Å²) >= 11 is 0. The number of aryl methyl sites for hydroxylation is 2. The van der Waals surface area contributed by atoms with Crippen molar-refractivity contribution in [3.8, 4) is 5.95 Å². The molecule has 0 fully saturated rings. The second-order valence-corrected chi connectivity index (χ2v) is 8.53. The fourth-order valence-corrected chi connectivity index (χ4v) is 3.97. The quantitative estimate of drug-likeness (QED) is 0.593. The molecule has 12 heteroatoms. The number of nitrogens with zero attached hydrogens (tertiary/aromatic N) is 3. The van der Waals surface area contributed by atoms with E-state index in [-0.39, 0.29) is 17.3 Å². The van der Waals surface area contributed by atoms with Crippen molar-refractivity contribution in [1.29, 1.82) is 0 Å². The van der Waals surface area contributed by atoms with E-state index in [0.29, 0.717) is 23.4 Å². The van der Waals surface area contributed by atoms with Gasteiger partial charge in [0.15, 0.2) is 0 Å². The van der Waals surface area contributed by atoms with Crippen LogP contribution in [0.3, 0.4) is 0 Å². The number of hydrogen-bond donors (Lipinski definition) is 2. The van der Waals surface area contributed by atoms with Crippen molar-refractivity contribution in [2.24, 2.45) is 0 Å². The molecule has 0 aliphatic carbocycles. The highest BCUT2D eigenvalue weighted by atomic mass is 32.2. The molecule has 164 valence electrons. The predicted molar refractivity (Wildman–Crippen MR) is 108 cm³/mol. The van der Waals surface area contributed by atoms with E-state index in [0.717, 1.165) is 12.1 Å². The van der Waals surface area contributed by atoms with E-state index in [1.54, 1.807) is 13.8 Å². The van der Waals surface area contributed by atoms with E-state index in [1.807, 2.05) is 6.92 Å². The number of amides is 1. The number of sulfone groups is 1. The minimum atomic E-state index is -5.00. The van der Waals surface area contributed by atoms with Crippen LogP contribution in [0.25, 0.3) is 5.95 Å². The maximum atomic E-state index is 13.0. The molecule has 2 heterocycles. The van der Waals surface area contributed by atoms with Gasteiger partial charge in [0.05, 0.1) is 16.2 Å². The van der Waals surface area contributed by atoms with Crippen LogP contribution < -0.4 is 10.9 Å². The van der Waals surface area contributed by atoms with Crippen molar-refractivity contribution in [3.63, 3.8) is 0 Å². The van der Waals surface area contributed by atoms with E-state index in [1.165, 1.54) is 22.9 Å². The molecular weight excluding hydrogens is 432 g/mol. The summed E-state index contributed by atoms with van der Waals surface area (Å²) in [6, 6.07) is 6.12. The minimum absolute atomic E-state index is 0.0385. The molecule has 0 unspecified atom stereocenters. The van der Waals surface area contributed by atoms with Crippen LogP contribution in [0.1, 0.15) is 34.2 Å². The van der Waals surface area contributed by atoms with E-state index >= 15 is 0 Å². The average molecular weight is 451 g/mol. The van der Waals surface area contributed by atoms with Gasteiger partial charge in [0.25, 0.3) is 11.5 Å². The monoisotopic (exact) mass is 451 g/mol. The second kappa shape index (κ2) is 8.38. The van der Waals surface area contributed by atoms with Crippen molar-refractivity contribution in [2.45, 2.75) is 37.8 Å². The summed E-state index contributed by atoms with van der Waals surface area (Å²) in [7, 11) is -5.00. The van der Waals surface area contributed by atoms with E-state index in [2.05, 4.69) is 20.4 Å². The van der Waals surface area contributed by atoms with Crippen molar-refractivity contribution in [2.75, 3.05) is 5.32 Å². The van der Waals surface area contributed by atoms with Gasteiger partial charge in [-0.05, 0) is 32.4 Å². The van der Waals surface area contributed by atoms with Crippen LogP contribution >= 0.6 is 0 Å². The van der Waals surface area contributed by atoms with Gasteiger partial charge in [0, 0.05) is 17.3 Å². The van der Waals surface area contributed by atoms with Gasteiger partial charge in [0.1, 0.15) is 5.82 Å². The molecule has 3 rings (SSSR count). The third-order valence-corrected chi connectivity index (χ3v) is 5.95. The Balaban J connectivity index is 2.04. The number of hydrogen-bond acceptors (Lipinski definition) is 6. The molecule has 2 aromatic heterocycles. The van der Waals surface area contributed by atoms with E-state index in [9.17, 15) is 26.8 Å². The molecule has 0 spiro atoms. The first-order valence-electron chi connectivity index (χ1n) is 9.15. The van der Waals surface area contributed by atoms with Gasteiger partial charge in [-0.2, -0.15) is 18.6 Å². The number of aromatic amines is 1. The number of aromatic nitrogens is 4. The summed E-state index contributed by atoms with van der Waals surface area (Å²) in [6.45, 7) is 5.11. The zero-order valence-corrected chi connectivity index (χ0v) is 17.6. The minimum Gasteiger partial charge on any atom is -0.306 e. The Morgan fingerprint density at radius 2 is 1.94 bits per heavy atom. The predicted octanol–water partition coefficient (Wildman–Crippen LogP) is 2.38. The van der Waals surface area contributed by atoms with Crippen LogP contribution in [0, 0.1) is 13.8 Å². The first-order valence-corrected chi connectivity index (χ1v) is 10.7.